The molecule has 0 aliphatic heterocycles. The van der Waals surface area contributed by atoms with Gasteiger partial charge in [-0.15, -0.1) is 0 Å². The Morgan fingerprint density at radius 3 is 2.42 bits per heavy atom. The van der Waals surface area contributed by atoms with Gasteiger partial charge in [0.25, 0.3) is 16.0 Å². The van der Waals surface area contributed by atoms with Crippen LogP contribution in [0.5, 0.6) is 5.75 Å². The van der Waals surface area contributed by atoms with Crippen LogP contribution in [0.3, 0.4) is 0 Å². The molecule has 134 valence electrons. The van der Waals surface area contributed by atoms with E-state index in [9.17, 15) is 18.3 Å². The second-order valence-corrected chi connectivity index (χ2v) is 7.29. The summed E-state index contributed by atoms with van der Waals surface area (Å²) >= 11 is 0. The molecule has 0 saturated heterocycles. The van der Waals surface area contributed by atoms with Gasteiger partial charge in [0.2, 0.25) is 0 Å². The summed E-state index contributed by atoms with van der Waals surface area (Å²) in [6.07, 6.45) is 0. The summed E-state index contributed by atoms with van der Waals surface area (Å²) < 4.78 is 31.7. The van der Waals surface area contributed by atoms with Gasteiger partial charge in [0.15, 0.2) is 0 Å². The summed E-state index contributed by atoms with van der Waals surface area (Å²) in [5.74, 6) is -0.824. The van der Waals surface area contributed by atoms with E-state index in [0.29, 0.717) is 11.1 Å². The van der Waals surface area contributed by atoms with Crippen molar-refractivity contribution in [2.45, 2.75) is 11.8 Å². The van der Waals surface area contributed by atoms with Crippen LogP contribution in [0.1, 0.15) is 15.9 Å². The summed E-state index contributed by atoms with van der Waals surface area (Å²) in [5, 5.41) is 13.7. The topological polar surface area (TPSA) is 130 Å². The molecule has 0 radical (unpaired) electrons. The van der Waals surface area contributed by atoms with Crippen molar-refractivity contribution in [1.82, 2.24) is 0 Å². The van der Waals surface area contributed by atoms with Crippen molar-refractivity contribution in [2.24, 2.45) is 0 Å². The minimum Gasteiger partial charge on any atom is -0.505 e. The van der Waals surface area contributed by atoms with Crippen LogP contribution in [-0.2, 0) is 10.1 Å². The fraction of sp³-hybridized carbons (Fsp3) is 0.0556. The number of carbonyl (C=O) groups excluding carboxylic acids is 1. The standard InChI is InChI=1S/C18H16N2O5S/c1-10-2-6-13(15(19)8-10)18(22)20-16-7-4-11-3-5-12(26(23,24)25)9-14(11)17(16)21/h2-9,21H,19H2,1H3,(H,20,22)(H,23,24,25). The number of nitrogen functional groups attached to an aromatic ring is 1. The van der Waals surface area contributed by atoms with E-state index in [1.165, 1.54) is 18.2 Å². The normalized spacial score (nSPS) is 11.5. The van der Waals surface area contributed by atoms with Crippen LogP contribution in [0.2, 0.25) is 0 Å². The molecule has 0 unspecified atom stereocenters. The minimum atomic E-state index is -4.41. The van der Waals surface area contributed by atoms with E-state index in [0.717, 1.165) is 11.6 Å². The van der Waals surface area contributed by atoms with Gasteiger partial charge in [-0.2, -0.15) is 8.42 Å². The smallest absolute Gasteiger partial charge is 0.294 e. The molecular weight excluding hydrogens is 356 g/mol. The summed E-state index contributed by atoms with van der Waals surface area (Å²) in [5.41, 5.74) is 7.41. The van der Waals surface area contributed by atoms with E-state index in [1.54, 1.807) is 24.3 Å². The van der Waals surface area contributed by atoms with Crippen LogP contribution in [0, 0.1) is 6.92 Å². The van der Waals surface area contributed by atoms with E-state index in [1.807, 2.05) is 6.92 Å². The molecule has 0 heterocycles. The second kappa shape index (κ2) is 6.32. The van der Waals surface area contributed by atoms with Crippen molar-refractivity contribution in [2.75, 3.05) is 11.1 Å². The molecule has 0 spiro atoms. The molecule has 26 heavy (non-hydrogen) atoms. The lowest BCUT2D eigenvalue weighted by atomic mass is 10.1. The third-order valence-corrected chi connectivity index (χ3v) is 4.81. The highest BCUT2D eigenvalue weighted by Gasteiger charge is 2.16. The Morgan fingerprint density at radius 2 is 1.77 bits per heavy atom. The Morgan fingerprint density at radius 1 is 1.08 bits per heavy atom. The molecule has 8 heteroatoms. The van der Waals surface area contributed by atoms with Crippen LogP contribution in [0.4, 0.5) is 11.4 Å². The van der Waals surface area contributed by atoms with Gasteiger partial charge in [-0.05, 0) is 48.2 Å². The Bertz CT molecular complexity index is 1140. The maximum atomic E-state index is 12.4. The number of aryl methyl sites for hydroxylation is 1. The molecule has 0 atom stereocenters. The number of fused-ring (bicyclic) bond motifs is 1. The van der Waals surface area contributed by atoms with Gasteiger partial charge in [0, 0.05) is 11.1 Å². The average molecular weight is 372 g/mol. The van der Waals surface area contributed by atoms with Crippen molar-refractivity contribution in [3.05, 3.63) is 59.7 Å². The third-order valence-electron chi connectivity index (χ3n) is 3.96. The van der Waals surface area contributed by atoms with Crippen molar-refractivity contribution in [3.8, 4) is 5.75 Å². The Labute approximate surface area is 149 Å². The number of aromatic hydroxyl groups is 1. The number of nitrogens with one attached hydrogen (secondary N) is 1. The third kappa shape index (κ3) is 3.32. The van der Waals surface area contributed by atoms with Crippen LogP contribution in [0.15, 0.2) is 53.4 Å². The zero-order valence-corrected chi connectivity index (χ0v) is 14.5. The summed E-state index contributed by atoms with van der Waals surface area (Å²) in [7, 11) is -4.41. The van der Waals surface area contributed by atoms with E-state index >= 15 is 0 Å². The molecule has 1 amide bonds. The number of nitrogens with two attached hydrogens (primary N) is 1. The lowest BCUT2D eigenvalue weighted by Gasteiger charge is -2.12. The Balaban J connectivity index is 2.02. The van der Waals surface area contributed by atoms with Crippen LogP contribution in [0.25, 0.3) is 10.8 Å². The molecule has 0 saturated carbocycles. The maximum Gasteiger partial charge on any atom is 0.294 e. The van der Waals surface area contributed by atoms with Crippen LogP contribution < -0.4 is 11.1 Å². The summed E-state index contributed by atoms with van der Waals surface area (Å²) in [6, 6.07) is 11.9. The Hall–Kier alpha value is -3.10. The second-order valence-electron chi connectivity index (χ2n) is 5.86. The lowest BCUT2D eigenvalue weighted by molar-refractivity contribution is 0.102. The highest BCUT2D eigenvalue weighted by atomic mass is 32.2. The molecule has 0 aliphatic rings. The van der Waals surface area contributed by atoms with E-state index < -0.39 is 16.0 Å². The number of anilines is 2. The van der Waals surface area contributed by atoms with E-state index in [-0.39, 0.29) is 27.3 Å². The monoisotopic (exact) mass is 372 g/mol. The van der Waals surface area contributed by atoms with Gasteiger partial charge in [-0.3, -0.25) is 9.35 Å². The average Bonchev–Trinajstić information content (AvgIpc) is 2.56. The zero-order valence-electron chi connectivity index (χ0n) is 13.7. The predicted octanol–water partition coefficient (Wildman–Crippen LogP) is 2.94. The number of benzene rings is 3. The maximum absolute atomic E-state index is 12.4. The van der Waals surface area contributed by atoms with Gasteiger partial charge in [0.05, 0.1) is 16.1 Å². The molecule has 5 N–H and O–H groups in total. The fourth-order valence-electron chi connectivity index (χ4n) is 2.62. The number of carbonyl (C=O) groups is 1. The first-order chi connectivity index (χ1) is 12.2. The van der Waals surface area contributed by atoms with Gasteiger partial charge in [-0.25, -0.2) is 0 Å². The first-order valence-electron chi connectivity index (χ1n) is 7.57. The molecule has 0 fully saturated rings. The van der Waals surface area contributed by atoms with Crippen LogP contribution in [-0.4, -0.2) is 24.0 Å². The molecule has 0 bridgehead atoms. The number of hydrogen-bond acceptors (Lipinski definition) is 5. The number of amides is 1. The summed E-state index contributed by atoms with van der Waals surface area (Å²) in [4.78, 5) is 12.1. The van der Waals surface area contributed by atoms with E-state index in [4.69, 9.17) is 10.3 Å². The highest BCUT2D eigenvalue weighted by Crippen LogP contribution is 2.34. The largest absolute Gasteiger partial charge is 0.505 e. The predicted molar refractivity (Wildman–Crippen MR) is 99.0 cm³/mol. The SMILES string of the molecule is Cc1ccc(C(=O)Nc2ccc3ccc(S(=O)(=O)O)cc3c2O)c(N)c1. The molecule has 3 aromatic rings. The van der Waals surface area contributed by atoms with Crippen molar-refractivity contribution < 1.29 is 22.9 Å². The number of hydrogen-bond donors (Lipinski definition) is 4. The van der Waals surface area contributed by atoms with E-state index in [2.05, 4.69) is 5.32 Å². The molecule has 7 nitrogen and oxygen atoms in total. The molecule has 3 rings (SSSR count). The number of rotatable bonds is 3. The minimum absolute atomic E-state index is 0.0926. The fourth-order valence-corrected chi connectivity index (χ4v) is 3.13. The lowest BCUT2D eigenvalue weighted by Crippen LogP contribution is -2.14. The highest BCUT2D eigenvalue weighted by molar-refractivity contribution is 7.85. The van der Waals surface area contributed by atoms with Crippen molar-refractivity contribution in [3.63, 3.8) is 0 Å². The number of phenols is 1. The molecular formula is C18H16N2O5S. The quantitative estimate of drug-likeness (QED) is 0.318. The first kappa shape index (κ1) is 17.7. The Kier molecular flexibility index (Phi) is 4.31. The number of phenolic OH excluding ortho intramolecular Hbond substituents is 1. The molecule has 3 aromatic carbocycles. The first-order valence-corrected chi connectivity index (χ1v) is 9.01. The van der Waals surface area contributed by atoms with Gasteiger partial charge in [-0.1, -0.05) is 18.2 Å². The van der Waals surface area contributed by atoms with Crippen molar-refractivity contribution in [1.29, 1.82) is 0 Å². The summed E-state index contributed by atoms with van der Waals surface area (Å²) in [6.45, 7) is 1.85. The van der Waals surface area contributed by atoms with Gasteiger partial charge < -0.3 is 16.2 Å². The van der Waals surface area contributed by atoms with Gasteiger partial charge >= 0.3 is 0 Å². The van der Waals surface area contributed by atoms with Crippen molar-refractivity contribution >= 4 is 38.2 Å². The zero-order chi connectivity index (χ0) is 19.1. The van der Waals surface area contributed by atoms with Gasteiger partial charge in [0.1, 0.15) is 5.75 Å². The molecule has 0 aliphatic carbocycles. The molecule has 0 aromatic heterocycles. The van der Waals surface area contributed by atoms with Crippen LogP contribution >= 0.6 is 0 Å².